The van der Waals surface area contributed by atoms with Crippen molar-refractivity contribution in [2.45, 2.75) is 339 Å². The third-order valence-electron chi connectivity index (χ3n) is 14.8. The van der Waals surface area contributed by atoms with Gasteiger partial charge in [0.2, 0.25) is 5.91 Å². The van der Waals surface area contributed by atoms with E-state index in [4.69, 9.17) is 14.2 Å². The van der Waals surface area contributed by atoms with Crippen LogP contribution < -0.4 is 5.32 Å². The number of carbonyl (C=O) groups is 2. The Kier molecular flexibility index (Phi) is 49.5. The van der Waals surface area contributed by atoms with E-state index in [0.29, 0.717) is 19.4 Å². The van der Waals surface area contributed by atoms with E-state index in [1.54, 1.807) is 6.08 Å². The molecule has 0 aromatic heterocycles. The van der Waals surface area contributed by atoms with Crippen molar-refractivity contribution in [3.63, 3.8) is 0 Å². The first-order chi connectivity index (χ1) is 35.7. The Balaban J connectivity index is 2.12. The van der Waals surface area contributed by atoms with Crippen LogP contribution >= 0.6 is 0 Å². The molecule has 1 fully saturated rings. The molecule has 0 aliphatic carbocycles. The van der Waals surface area contributed by atoms with E-state index < -0.39 is 49.5 Å². The van der Waals surface area contributed by atoms with E-state index in [1.807, 2.05) is 6.08 Å². The Hall–Kier alpha value is -1.86. The third kappa shape index (κ3) is 41.9. The monoisotopic (exact) mass is 1040 g/mol. The molecule has 1 saturated heterocycles. The quantitative estimate of drug-likeness (QED) is 0.0195. The molecule has 1 heterocycles. The number of hydrogen-bond donors (Lipinski definition) is 6. The minimum atomic E-state index is -1.57. The summed E-state index contributed by atoms with van der Waals surface area (Å²) in [6.07, 6.45) is 52.6. The van der Waals surface area contributed by atoms with E-state index in [1.165, 1.54) is 193 Å². The summed E-state index contributed by atoms with van der Waals surface area (Å²) in [5, 5.41) is 54.5. The van der Waals surface area contributed by atoms with Crippen LogP contribution in [0.15, 0.2) is 24.3 Å². The first kappa shape index (κ1) is 69.2. The second-order valence-electron chi connectivity index (χ2n) is 21.8. The summed E-state index contributed by atoms with van der Waals surface area (Å²) in [5.41, 5.74) is 0. The smallest absolute Gasteiger partial charge is 0.305 e. The lowest BCUT2D eigenvalue weighted by atomic mass is 9.99. The molecule has 0 saturated carbocycles. The molecule has 0 radical (unpaired) electrons. The fraction of sp³-hybridized carbons (Fsp3) is 0.903. The largest absolute Gasteiger partial charge is 0.466 e. The van der Waals surface area contributed by atoms with E-state index in [9.17, 15) is 35.1 Å². The van der Waals surface area contributed by atoms with Crippen LogP contribution in [0.4, 0.5) is 0 Å². The lowest BCUT2D eigenvalue weighted by Gasteiger charge is -2.40. The maximum Gasteiger partial charge on any atom is 0.305 e. The number of aliphatic hydroxyl groups is 5. The number of esters is 1. The van der Waals surface area contributed by atoms with Gasteiger partial charge in [0.05, 0.1) is 32.0 Å². The molecule has 6 N–H and O–H groups in total. The van der Waals surface area contributed by atoms with E-state index in [2.05, 4.69) is 31.3 Å². The fourth-order valence-corrected chi connectivity index (χ4v) is 9.84. The van der Waals surface area contributed by atoms with E-state index >= 15 is 0 Å². The Bertz CT molecular complexity index is 1260. The van der Waals surface area contributed by atoms with Gasteiger partial charge in [-0.25, -0.2) is 0 Å². The lowest BCUT2D eigenvalue weighted by molar-refractivity contribution is -0.302. The van der Waals surface area contributed by atoms with Gasteiger partial charge >= 0.3 is 5.97 Å². The predicted molar refractivity (Wildman–Crippen MR) is 301 cm³/mol. The number of ether oxygens (including phenoxy) is 3. The molecular weight excluding hydrogens is 919 g/mol. The molecule has 1 aliphatic heterocycles. The highest BCUT2D eigenvalue weighted by atomic mass is 16.7. The van der Waals surface area contributed by atoms with Crippen LogP contribution in [0.5, 0.6) is 0 Å². The molecule has 0 spiro atoms. The Morgan fingerprint density at radius 2 is 0.877 bits per heavy atom. The first-order valence-corrected chi connectivity index (χ1v) is 31.1. The van der Waals surface area contributed by atoms with Gasteiger partial charge in [-0.3, -0.25) is 9.59 Å². The number of rotatable bonds is 54. The summed E-state index contributed by atoms with van der Waals surface area (Å²) in [7, 11) is 0. The maximum atomic E-state index is 13.1. The van der Waals surface area contributed by atoms with Gasteiger partial charge in [0, 0.05) is 12.8 Å². The van der Waals surface area contributed by atoms with Crippen molar-refractivity contribution in [1.82, 2.24) is 5.32 Å². The molecule has 1 amide bonds. The number of allylic oxidation sites excluding steroid dienone is 3. The van der Waals surface area contributed by atoms with Gasteiger partial charge in [-0.05, 0) is 57.8 Å². The van der Waals surface area contributed by atoms with Crippen molar-refractivity contribution in [2.24, 2.45) is 0 Å². The van der Waals surface area contributed by atoms with Gasteiger partial charge in [0.1, 0.15) is 24.4 Å². The number of hydrogen-bond acceptors (Lipinski definition) is 10. The standard InChI is InChI=1S/C62H117NO10/c1-3-5-7-9-11-13-15-16-22-25-29-32-36-40-44-48-55(65)54(53-72-62-61(70)60(69)59(68)56(52-64)73-62)63-57(66)49-45-41-37-33-30-26-23-20-18-17-19-21-24-27-31-35-39-43-47-51-71-58(67)50-46-42-38-34-28-14-12-10-8-6-4-2/h17-18,44,48,54-56,59-62,64-65,68-70H,3-16,19-43,45-47,49-53H2,1-2H3,(H,63,66)/b18-17-,48-44+. The molecule has 0 aromatic carbocycles. The zero-order valence-corrected chi connectivity index (χ0v) is 47.4. The molecule has 73 heavy (non-hydrogen) atoms. The summed E-state index contributed by atoms with van der Waals surface area (Å²) >= 11 is 0. The number of carbonyl (C=O) groups excluding carboxylic acids is 2. The molecule has 0 bridgehead atoms. The van der Waals surface area contributed by atoms with Crippen molar-refractivity contribution in [1.29, 1.82) is 0 Å². The van der Waals surface area contributed by atoms with Crippen molar-refractivity contribution in [3.8, 4) is 0 Å². The van der Waals surface area contributed by atoms with Crippen molar-refractivity contribution in [3.05, 3.63) is 24.3 Å². The van der Waals surface area contributed by atoms with Crippen LogP contribution in [-0.4, -0.2) is 100 Å². The second kappa shape index (κ2) is 52.2. The minimum Gasteiger partial charge on any atom is -0.466 e. The molecule has 1 aliphatic rings. The number of amides is 1. The van der Waals surface area contributed by atoms with Crippen molar-refractivity contribution in [2.75, 3.05) is 19.8 Å². The van der Waals surface area contributed by atoms with Crippen molar-refractivity contribution >= 4 is 11.9 Å². The molecule has 7 unspecified atom stereocenters. The molecule has 11 nitrogen and oxygen atoms in total. The number of unbranched alkanes of at least 4 members (excludes halogenated alkanes) is 38. The summed E-state index contributed by atoms with van der Waals surface area (Å²) in [6.45, 7) is 4.34. The lowest BCUT2D eigenvalue weighted by Crippen LogP contribution is -2.60. The minimum absolute atomic E-state index is 0.0108. The van der Waals surface area contributed by atoms with E-state index in [-0.39, 0.29) is 18.5 Å². The van der Waals surface area contributed by atoms with Crippen LogP contribution in [0.2, 0.25) is 0 Å². The highest BCUT2D eigenvalue weighted by Crippen LogP contribution is 2.23. The first-order valence-electron chi connectivity index (χ1n) is 31.1. The van der Waals surface area contributed by atoms with Gasteiger partial charge in [-0.1, -0.05) is 250 Å². The van der Waals surface area contributed by atoms with E-state index in [0.717, 1.165) is 77.0 Å². The Labute approximate surface area is 448 Å². The van der Waals surface area contributed by atoms with Crippen LogP contribution in [0.25, 0.3) is 0 Å². The van der Waals surface area contributed by atoms with Gasteiger partial charge < -0.3 is 45.1 Å². The molecular formula is C62H117NO10. The Morgan fingerprint density at radius 1 is 0.493 bits per heavy atom. The predicted octanol–water partition coefficient (Wildman–Crippen LogP) is 14.5. The summed E-state index contributed by atoms with van der Waals surface area (Å²) in [5.74, 6) is -0.200. The van der Waals surface area contributed by atoms with Gasteiger partial charge in [0.15, 0.2) is 6.29 Å². The van der Waals surface area contributed by atoms with Gasteiger partial charge in [0.25, 0.3) is 0 Å². The fourth-order valence-electron chi connectivity index (χ4n) is 9.84. The zero-order valence-electron chi connectivity index (χ0n) is 47.4. The average Bonchev–Trinajstić information content (AvgIpc) is 3.39. The molecule has 0 aromatic rings. The molecule has 430 valence electrons. The molecule has 1 rings (SSSR count). The highest BCUT2D eigenvalue weighted by molar-refractivity contribution is 5.76. The van der Waals surface area contributed by atoms with Crippen LogP contribution in [0, 0.1) is 0 Å². The number of aliphatic hydroxyl groups excluding tert-OH is 5. The molecule has 11 heteroatoms. The highest BCUT2D eigenvalue weighted by Gasteiger charge is 2.44. The van der Waals surface area contributed by atoms with Crippen LogP contribution in [0.1, 0.15) is 296 Å². The van der Waals surface area contributed by atoms with Crippen LogP contribution in [0.3, 0.4) is 0 Å². The van der Waals surface area contributed by atoms with Crippen LogP contribution in [-0.2, 0) is 23.8 Å². The van der Waals surface area contributed by atoms with Gasteiger partial charge in [-0.2, -0.15) is 0 Å². The van der Waals surface area contributed by atoms with Crippen molar-refractivity contribution < 1.29 is 49.3 Å². The average molecular weight is 1040 g/mol. The normalized spacial score (nSPS) is 19.0. The number of nitrogens with one attached hydrogen (secondary N) is 1. The van der Waals surface area contributed by atoms with Gasteiger partial charge in [-0.15, -0.1) is 0 Å². The Morgan fingerprint density at radius 3 is 1.32 bits per heavy atom. The molecule has 7 atom stereocenters. The SMILES string of the molecule is CCCCCCCCCCCCCCC/C=C/C(O)C(COC1OC(CO)C(O)C(O)C1O)NC(=O)CCCCCCCCC/C=C\CCCCCCCCCCOC(=O)CCCCCCCCCCCCC. The summed E-state index contributed by atoms with van der Waals surface area (Å²) < 4.78 is 16.7. The summed E-state index contributed by atoms with van der Waals surface area (Å²) in [6, 6.07) is -0.817. The second-order valence-corrected chi connectivity index (χ2v) is 21.8. The third-order valence-corrected chi connectivity index (χ3v) is 14.8. The summed E-state index contributed by atoms with van der Waals surface area (Å²) in [4.78, 5) is 25.1. The topological polar surface area (TPSA) is 175 Å². The maximum absolute atomic E-state index is 13.1. The zero-order chi connectivity index (χ0) is 53.1.